The maximum absolute atomic E-state index is 6.00. The quantitative estimate of drug-likeness (QED) is 0.775. The van der Waals surface area contributed by atoms with Gasteiger partial charge in [-0.1, -0.05) is 36.7 Å². The van der Waals surface area contributed by atoms with Gasteiger partial charge in [-0.25, -0.2) is 0 Å². The van der Waals surface area contributed by atoms with Crippen molar-refractivity contribution in [3.8, 4) is 11.7 Å². The Hall–Kier alpha value is -1.84. The Kier molecular flexibility index (Phi) is 2.62. The lowest BCUT2D eigenvalue weighted by molar-refractivity contribution is -0.717. The van der Waals surface area contributed by atoms with Crippen molar-refractivity contribution in [3.63, 3.8) is 0 Å². The molecule has 0 saturated carbocycles. The Morgan fingerprint density at radius 1 is 1.26 bits per heavy atom. The summed E-state index contributed by atoms with van der Waals surface area (Å²) in [5, 5.41) is 4.55. The number of nitrogens with zero attached hydrogens (tertiary/aromatic N) is 3. The number of fused-ring (bicyclic) bond motifs is 1. The normalized spacial score (nSPS) is 20.4. The number of para-hydroxylation sites is 1. The van der Waals surface area contributed by atoms with Crippen LogP contribution in [0.15, 0.2) is 36.7 Å². The molecule has 0 spiro atoms. The molecule has 1 aliphatic rings. The predicted molar refractivity (Wildman–Crippen MR) is 72.3 cm³/mol. The Morgan fingerprint density at radius 2 is 1.95 bits per heavy atom. The van der Waals surface area contributed by atoms with Crippen LogP contribution in [0.2, 0.25) is 0 Å². The third kappa shape index (κ3) is 1.91. The number of benzene rings is 1. The van der Waals surface area contributed by atoms with Gasteiger partial charge in [0.1, 0.15) is 17.3 Å². The Labute approximate surface area is 113 Å². The van der Waals surface area contributed by atoms with Crippen molar-refractivity contribution >= 4 is 0 Å². The van der Waals surface area contributed by atoms with Crippen LogP contribution in [0.5, 0.6) is 6.01 Å². The fourth-order valence-corrected chi connectivity index (χ4v) is 3.06. The van der Waals surface area contributed by atoms with Gasteiger partial charge in [0.05, 0.1) is 5.10 Å². The van der Waals surface area contributed by atoms with Crippen molar-refractivity contribution in [2.45, 2.75) is 39.3 Å². The lowest BCUT2D eigenvalue weighted by atomic mass is 9.90. The molecular formula is C15H20N3O+. The van der Waals surface area contributed by atoms with Crippen LogP contribution in [0, 0.1) is 5.92 Å². The van der Waals surface area contributed by atoms with Crippen LogP contribution in [0.1, 0.15) is 33.7 Å². The second-order valence-electron chi connectivity index (χ2n) is 5.98. The number of ether oxygens (including phenoxy) is 1. The van der Waals surface area contributed by atoms with Gasteiger partial charge in [0, 0.05) is 0 Å². The summed E-state index contributed by atoms with van der Waals surface area (Å²) < 4.78 is 10.0. The topological polar surface area (TPSA) is 30.9 Å². The molecule has 0 bridgehead atoms. The third-order valence-corrected chi connectivity index (χ3v) is 3.67. The second-order valence-corrected chi connectivity index (χ2v) is 5.98. The van der Waals surface area contributed by atoms with Crippen LogP contribution < -0.4 is 9.30 Å². The SMILES string of the molecule is CC(C)[C@H]1[n+]2cn(-c3ccccc3)nc2OC1(C)C. The number of hydrogen-bond acceptors (Lipinski definition) is 2. The van der Waals surface area contributed by atoms with E-state index in [1.54, 1.807) is 0 Å². The van der Waals surface area contributed by atoms with E-state index in [4.69, 9.17) is 4.74 Å². The van der Waals surface area contributed by atoms with Crippen LogP contribution >= 0.6 is 0 Å². The van der Waals surface area contributed by atoms with E-state index in [2.05, 4.69) is 37.4 Å². The summed E-state index contributed by atoms with van der Waals surface area (Å²) in [6.45, 7) is 8.69. The zero-order valence-electron chi connectivity index (χ0n) is 11.9. The molecule has 100 valence electrons. The molecule has 0 unspecified atom stereocenters. The first-order chi connectivity index (χ1) is 8.99. The maximum Gasteiger partial charge on any atom is 0.469 e. The van der Waals surface area contributed by atoms with Crippen molar-refractivity contribution in [2.24, 2.45) is 5.92 Å². The molecule has 1 aromatic carbocycles. The van der Waals surface area contributed by atoms with Crippen LogP contribution in [0.3, 0.4) is 0 Å². The molecule has 2 heterocycles. The average molecular weight is 258 g/mol. The predicted octanol–water partition coefficient (Wildman–Crippen LogP) is 2.53. The first kappa shape index (κ1) is 12.2. The first-order valence-corrected chi connectivity index (χ1v) is 6.74. The summed E-state index contributed by atoms with van der Waals surface area (Å²) in [4.78, 5) is 0. The molecule has 0 saturated heterocycles. The minimum atomic E-state index is -0.202. The zero-order valence-corrected chi connectivity index (χ0v) is 11.9. The van der Waals surface area contributed by atoms with E-state index in [0.29, 0.717) is 18.0 Å². The minimum Gasteiger partial charge on any atom is -0.429 e. The lowest BCUT2D eigenvalue weighted by Gasteiger charge is -2.26. The Morgan fingerprint density at radius 3 is 2.58 bits per heavy atom. The molecule has 1 aliphatic heterocycles. The largest absolute Gasteiger partial charge is 0.469 e. The molecule has 0 N–H and O–H groups in total. The summed E-state index contributed by atoms with van der Waals surface area (Å²) in [6, 6.07) is 11.1. The summed E-state index contributed by atoms with van der Waals surface area (Å²) in [6.07, 6.45) is 2.03. The Balaban J connectivity index is 2.03. The monoisotopic (exact) mass is 258 g/mol. The summed E-state index contributed by atoms with van der Waals surface area (Å²) >= 11 is 0. The summed E-state index contributed by atoms with van der Waals surface area (Å²) in [5.41, 5.74) is 0.847. The van der Waals surface area contributed by atoms with E-state index in [-0.39, 0.29) is 5.60 Å². The van der Waals surface area contributed by atoms with E-state index in [0.717, 1.165) is 5.69 Å². The average Bonchev–Trinajstić information content (AvgIpc) is 2.82. The molecular weight excluding hydrogens is 238 g/mol. The molecule has 1 atom stereocenters. The highest BCUT2D eigenvalue weighted by atomic mass is 16.5. The molecule has 3 rings (SSSR count). The molecule has 2 aromatic rings. The second kappa shape index (κ2) is 4.08. The van der Waals surface area contributed by atoms with E-state index < -0.39 is 0 Å². The van der Waals surface area contributed by atoms with E-state index in [9.17, 15) is 0 Å². The van der Waals surface area contributed by atoms with Gasteiger partial charge in [0.15, 0.2) is 0 Å². The molecule has 4 nitrogen and oxygen atoms in total. The fraction of sp³-hybridized carbons (Fsp3) is 0.467. The standard InChI is InChI=1S/C15H20N3O/c1-11(2)13-15(3,4)19-14-16-18(10-17(13)14)12-8-6-5-7-9-12/h5-11,13H,1-4H3/q+1/t13-/m1/s1. The van der Waals surface area contributed by atoms with E-state index in [1.807, 2.05) is 41.3 Å². The van der Waals surface area contributed by atoms with Gasteiger partial charge in [-0.15, -0.1) is 0 Å². The Bertz CT molecular complexity index is 587. The van der Waals surface area contributed by atoms with Gasteiger partial charge in [-0.2, -0.15) is 4.57 Å². The summed E-state index contributed by atoms with van der Waals surface area (Å²) in [5.74, 6) is 0.495. The number of hydrogen-bond donors (Lipinski definition) is 0. The molecule has 0 amide bonds. The molecule has 0 fully saturated rings. The molecule has 19 heavy (non-hydrogen) atoms. The van der Waals surface area contributed by atoms with Crippen molar-refractivity contribution in [1.29, 1.82) is 0 Å². The number of rotatable bonds is 2. The lowest BCUT2D eigenvalue weighted by Crippen LogP contribution is -2.47. The third-order valence-electron chi connectivity index (χ3n) is 3.67. The molecule has 0 aliphatic carbocycles. The van der Waals surface area contributed by atoms with Crippen molar-refractivity contribution < 1.29 is 9.30 Å². The van der Waals surface area contributed by atoms with Gasteiger partial charge in [0.2, 0.25) is 6.33 Å². The highest BCUT2D eigenvalue weighted by Gasteiger charge is 2.49. The van der Waals surface area contributed by atoms with Gasteiger partial charge in [0.25, 0.3) is 0 Å². The maximum atomic E-state index is 6.00. The van der Waals surface area contributed by atoms with Gasteiger partial charge >= 0.3 is 6.01 Å². The van der Waals surface area contributed by atoms with Crippen LogP contribution in [-0.4, -0.2) is 15.4 Å². The fourth-order valence-electron chi connectivity index (χ4n) is 3.06. The van der Waals surface area contributed by atoms with Crippen LogP contribution in [-0.2, 0) is 0 Å². The molecule has 0 radical (unpaired) electrons. The first-order valence-electron chi connectivity index (χ1n) is 6.74. The summed E-state index contributed by atoms with van der Waals surface area (Å²) in [7, 11) is 0. The van der Waals surface area contributed by atoms with Crippen molar-refractivity contribution in [3.05, 3.63) is 36.7 Å². The van der Waals surface area contributed by atoms with Crippen molar-refractivity contribution in [1.82, 2.24) is 9.78 Å². The van der Waals surface area contributed by atoms with Gasteiger partial charge in [-0.3, -0.25) is 0 Å². The van der Waals surface area contributed by atoms with E-state index in [1.165, 1.54) is 0 Å². The molecule has 1 aromatic heterocycles. The zero-order chi connectivity index (χ0) is 13.6. The van der Waals surface area contributed by atoms with Gasteiger partial charge in [-0.05, 0) is 31.9 Å². The molecule has 4 heteroatoms. The minimum absolute atomic E-state index is 0.202. The highest BCUT2D eigenvalue weighted by molar-refractivity contribution is 5.29. The highest BCUT2D eigenvalue weighted by Crippen LogP contribution is 2.35. The van der Waals surface area contributed by atoms with Crippen molar-refractivity contribution in [2.75, 3.05) is 0 Å². The van der Waals surface area contributed by atoms with Crippen LogP contribution in [0.25, 0.3) is 5.69 Å². The van der Waals surface area contributed by atoms with Crippen LogP contribution in [0.4, 0.5) is 0 Å². The van der Waals surface area contributed by atoms with E-state index >= 15 is 0 Å². The van der Waals surface area contributed by atoms with Gasteiger partial charge < -0.3 is 4.74 Å². The number of aromatic nitrogens is 3. The smallest absolute Gasteiger partial charge is 0.429 e.